The summed E-state index contributed by atoms with van der Waals surface area (Å²) in [6.07, 6.45) is 8.55. The molecule has 0 unspecified atom stereocenters. The van der Waals surface area contributed by atoms with E-state index >= 15 is 0 Å². The van der Waals surface area contributed by atoms with Gasteiger partial charge in [-0.25, -0.2) is 8.78 Å². The van der Waals surface area contributed by atoms with Crippen molar-refractivity contribution < 1.29 is 22.0 Å². The van der Waals surface area contributed by atoms with Gasteiger partial charge in [0.05, 0.1) is 0 Å². The van der Waals surface area contributed by atoms with Crippen LogP contribution in [0.5, 0.6) is 0 Å². The van der Waals surface area contributed by atoms with E-state index in [2.05, 4.69) is 19.1 Å². The topological polar surface area (TPSA) is 0 Å². The number of benzene rings is 1. The second-order valence-electron chi connectivity index (χ2n) is 7.27. The van der Waals surface area contributed by atoms with Crippen LogP contribution in [-0.4, -0.2) is 0 Å². The minimum absolute atomic E-state index is 0.0537. The van der Waals surface area contributed by atoms with Gasteiger partial charge in [-0.2, -0.15) is 13.2 Å². The van der Waals surface area contributed by atoms with Gasteiger partial charge >= 0.3 is 6.18 Å². The summed E-state index contributed by atoms with van der Waals surface area (Å²) in [5.74, 6) is -2.46. The fourth-order valence-electron chi connectivity index (χ4n) is 3.81. The monoisotopic (exact) mass is 374 g/mol. The van der Waals surface area contributed by atoms with Crippen LogP contribution in [0.2, 0.25) is 0 Å². The van der Waals surface area contributed by atoms with Crippen molar-refractivity contribution in [3.63, 3.8) is 0 Å². The smallest absolute Gasteiger partial charge is 0.206 e. The van der Waals surface area contributed by atoms with Crippen molar-refractivity contribution in [3.8, 4) is 0 Å². The maximum Gasteiger partial charge on any atom is 0.422 e. The van der Waals surface area contributed by atoms with E-state index in [4.69, 9.17) is 0 Å². The minimum atomic E-state index is -5.00. The predicted molar refractivity (Wildman–Crippen MR) is 94.0 cm³/mol. The first-order valence-corrected chi connectivity index (χ1v) is 9.54. The summed E-state index contributed by atoms with van der Waals surface area (Å²) >= 11 is 0. The van der Waals surface area contributed by atoms with Crippen LogP contribution in [0.3, 0.4) is 0 Å². The Bertz CT molecular complexity index is 572. The minimum Gasteiger partial charge on any atom is -0.206 e. The van der Waals surface area contributed by atoms with Crippen LogP contribution in [0.1, 0.15) is 81.8 Å². The van der Waals surface area contributed by atoms with Crippen LogP contribution < -0.4 is 0 Å². The molecule has 5 heteroatoms. The van der Waals surface area contributed by atoms with Crippen molar-refractivity contribution in [3.05, 3.63) is 47.0 Å². The summed E-state index contributed by atoms with van der Waals surface area (Å²) in [4.78, 5) is 0. The van der Waals surface area contributed by atoms with E-state index in [0.717, 1.165) is 69.9 Å². The van der Waals surface area contributed by atoms with E-state index in [1.807, 2.05) is 0 Å². The predicted octanol–water partition coefficient (Wildman–Crippen LogP) is 7.78. The normalized spacial score (nSPS) is 21.5. The summed E-state index contributed by atoms with van der Waals surface area (Å²) < 4.78 is 65.5. The molecule has 1 saturated carbocycles. The van der Waals surface area contributed by atoms with Gasteiger partial charge in [0.15, 0.2) is 0 Å². The van der Waals surface area contributed by atoms with Gasteiger partial charge in [-0.3, -0.25) is 0 Å². The molecule has 1 fully saturated rings. The third-order valence-corrected chi connectivity index (χ3v) is 5.27. The van der Waals surface area contributed by atoms with Crippen molar-refractivity contribution in [2.45, 2.75) is 76.8 Å². The third-order valence-electron chi connectivity index (χ3n) is 5.27. The second-order valence-corrected chi connectivity index (χ2v) is 7.27. The first-order valence-electron chi connectivity index (χ1n) is 9.54. The average Bonchev–Trinajstić information content (AvgIpc) is 2.56. The summed E-state index contributed by atoms with van der Waals surface area (Å²) in [5.41, 5.74) is -1.43. The molecule has 0 atom stereocenters. The lowest BCUT2D eigenvalue weighted by atomic mass is 9.77. The SMILES string of the molecule is CCCC=CCCCC1CCC(c2cc(F)c(C(F)(F)F)c(F)c2)CC1. The zero-order valence-corrected chi connectivity index (χ0v) is 15.2. The van der Waals surface area contributed by atoms with Crippen LogP contribution in [0.15, 0.2) is 24.3 Å². The van der Waals surface area contributed by atoms with Gasteiger partial charge in [0, 0.05) is 0 Å². The highest BCUT2D eigenvalue weighted by Crippen LogP contribution is 2.40. The van der Waals surface area contributed by atoms with Crippen molar-refractivity contribution in [2.24, 2.45) is 5.92 Å². The third kappa shape index (κ3) is 5.82. The highest BCUT2D eigenvalue weighted by molar-refractivity contribution is 5.30. The van der Waals surface area contributed by atoms with Gasteiger partial charge < -0.3 is 0 Å². The maximum atomic E-state index is 13.8. The average molecular weight is 374 g/mol. The van der Waals surface area contributed by atoms with Gasteiger partial charge in [-0.1, -0.05) is 31.9 Å². The highest BCUT2D eigenvalue weighted by Gasteiger charge is 2.38. The quantitative estimate of drug-likeness (QED) is 0.260. The second kappa shape index (κ2) is 9.52. The van der Waals surface area contributed by atoms with Crippen molar-refractivity contribution >= 4 is 0 Å². The van der Waals surface area contributed by atoms with Crippen LogP contribution in [0.4, 0.5) is 22.0 Å². The molecule has 2 rings (SSSR count). The molecule has 26 heavy (non-hydrogen) atoms. The van der Waals surface area contributed by atoms with Crippen LogP contribution in [0, 0.1) is 17.6 Å². The Morgan fingerprint density at radius 3 is 2.08 bits per heavy atom. The standard InChI is InChI=1S/C21H27F5/c1-2-3-4-5-6-7-8-15-9-11-16(12-10-15)17-13-18(22)20(19(23)14-17)21(24,25)26/h4-5,13-16H,2-3,6-12H2,1H3. The number of hydrogen-bond donors (Lipinski definition) is 0. The lowest BCUT2D eigenvalue weighted by molar-refractivity contribution is -0.142. The molecule has 1 aromatic rings. The van der Waals surface area contributed by atoms with E-state index in [9.17, 15) is 22.0 Å². The summed E-state index contributed by atoms with van der Waals surface area (Å²) in [6, 6.07) is 1.74. The molecule has 1 aromatic carbocycles. The van der Waals surface area contributed by atoms with Crippen molar-refractivity contribution in [1.29, 1.82) is 0 Å². The lowest BCUT2D eigenvalue weighted by Gasteiger charge is -2.29. The van der Waals surface area contributed by atoms with Crippen LogP contribution >= 0.6 is 0 Å². The molecule has 1 aliphatic carbocycles. The van der Waals surface area contributed by atoms with E-state index < -0.39 is 23.4 Å². The Labute approximate surface area is 152 Å². The fraction of sp³-hybridized carbons (Fsp3) is 0.619. The number of allylic oxidation sites excluding steroid dienone is 2. The molecule has 0 nitrogen and oxygen atoms in total. The molecule has 0 heterocycles. The molecule has 0 amide bonds. The van der Waals surface area contributed by atoms with Gasteiger partial charge in [-0.05, 0) is 74.5 Å². The Morgan fingerprint density at radius 1 is 0.962 bits per heavy atom. The number of rotatable bonds is 7. The van der Waals surface area contributed by atoms with E-state index in [-0.39, 0.29) is 5.92 Å². The van der Waals surface area contributed by atoms with Gasteiger partial charge in [0.25, 0.3) is 0 Å². The maximum absolute atomic E-state index is 13.8. The zero-order chi connectivity index (χ0) is 19.2. The Morgan fingerprint density at radius 2 is 1.54 bits per heavy atom. The molecular formula is C21H27F5. The van der Waals surface area contributed by atoms with Crippen molar-refractivity contribution in [2.75, 3.05) is 0 Å². The molecule has 0 bridgehead atoms. The Hall–Kier alpha value is -1.39. The lowest BCUT2D eigenvalue weighted by Crippen LogP contribution is -2.16. The van der Waals surface area contributed by atoms with E-state index in [1.54, 1.807) is 0 Å². The fourth-order valence-corrected chi connectivity index (χ4v) is 3.81. The highest BCUT2D eigenvalue weighted by atomic mass is 19.4. The number of halogens is 5. The molecule has 1 aliphatic rings. The van der Waals surface area contributed by atoms with Crippen LogP contribution in [0.25, 0.3) is 0 Å². The number of hydrogen-bond acceptors (Lipinski definition) is 0. The largest absolute Gasteiger partial charge is 0.422 e. The molecule has 0 spiro atoms. The summed E-state index contributed by atoms with van der Waals surface area (Å²) in [6.45, 7) is 2.15. The van der Waals surface area contributed by atoms with Crippen LogP contribution in [-0.2, 0) is 6.18 Å². The molecular weight excluding hydrogens is 347 g/mol. The first-order chi connectivity index (χ1) is 12.3. The van der Waals surface area contributed by atoms with Gasteiger partial charge in [0.1, 0.15) is 17.2 Å². The Kier molecular flexibility index (Phi) is 7.66. The molecule has 0 radical (unpaired) electrons. The molecule has 0 aliphatic heterocycles. The molecule has 0 N–H and O–H groups in total. The van der Waals surface area contributed by atoms with E-state index in [0.29, 0.717) is 11.5 Å². The summed E-state index contributed by atoms with van der Waals surface area (Å²) in [7, 11) is 0. The van der Waals surface area contributed by atoms with E-state index in [1.165, 1.54) is 0 Å². The van der Waals surface area contributed by atoms with Gasteiger partial charge in [-0.15, -0.1) is 0 Å². The summed E-state index contributed by atoms with van der Waals surface area (Å²) in [5, 5.41) is 0. The first kappa shape index (κ1) is 20.9. The zero-order valence-electron chi connectivity index (χ0n) is 15.2. The molecule has 146 valence electrons. The number of unbranched alkanes of at least 4 members (excludes halogenated alkanes) is 2. The van der Waals surface area contributed by atoms with Gasteiger partial charge in [0.2, 0.25) is 0 Å². The number of alkyl halides is 3. The van der Waals surface area contributed by atoms with Crippen molar-refractivity contribution in [1.82, 2.24) is 0 Å². The molecule has 0 saturated heterocycles. The molecule has 0 aromatic heterocycles. The Balaban J connectivity index is 1.86.